The molecule has 3 saturated heterocycles. The summed E-state index contributed by atoms with van der Waals surface area (Å²) >= 11 is 18.5. The maximum Gasteiger partial charge on any atom is 0.271 e. The van der Waals surface area contributed by atoms with Crippen molar-refractivity contribution in [3.05, 3.63) is 272 Å². The van der Waals surface area contributed by atoms with E-state index in [0.29, 0.717) is 116 Å². The van der Waals surface area contributed by atoms with Crippen molar-refractivity contribution < 1.29 is 33.2 Å². The van der Waals surface area contributed by atoms with Gasteiger partial charge in [-0.25, -0.2) is 29.9 Å². The molecule has 18 heterocycles. The van der Waals surface area contributed by atoms with E-state index in [2.05, 4.69) is 106 Å². The molecule has 0 bridgehead atoms. The summed E-state index contributed by atoms with van der Waals surface area (Å²) in [4.78, 5) is 66.4. The number of fused-ring (bicyclic) bond motifs is 4. The third kappa shape index (κ3) is 23.6. The maximum atomic E-state index is 7.34. The minimum atomic E-state index is -0.118. The second kappa shape index (κ2) is 46.8. The van der Waals surface area contributed by atoms with Crippen LogP contribution in [-0.2, 0) is 61.7 Å². The van der Waals surface area contributed by atoms with Crippen LogP contribution < -0.4 is 46.4 Å². The lowest BCUT2D eigenvalue weighted by Gasteiger charge is -2.25. The van der Waals surface area contributed by atoms with Crippen molar-refractivity contribution in [3.8, 4) is 68.0 Å². The van der Waals surface area contributed by atoms with Crippen LogP contribution in [0.25, 0.3) is 93.1 Å². The lowest BCUT2D eigenvalue weighted by Crippen LogP contribution is -2.19. The van der Waals surface area contributed by atoms with E-state index in [-0.39, 0.29) is 18.7 Å². The Morgan fingerprint density at radius 3 is 1.15 bits per heavy atom. The van der Waals surface area contributed by atoms with E-state index >= 15 is 0 Å². The molecule has 41 nitrogen and oxygen atoms in total. The van der Waals surface area contributed by atoms with Crippen LogP contribution in [-0.4, -0.2) is 177 Å². The van der Waals surface area contributed by atoms with Crippen LogP contribution in [0.2, 0.25) is 15.3 Å². The molecule has 0 aliphatic carbocycles. The van der Waals surface area contributed by atoms with Crippen LogP contribution in [0.15, 0.2) is 181 Å². The van der Waals surface area contributed by atoms with E-state index in [9.17, 15) is 0 Å². The summed E-state index contributed by atoms with van der Waals surface area (Å²) < 4.78 is 46.7. The fraction of sp³-hybridized carbons (Fsp3) is 0.288. The number of rotatable bonds is 21. The van der Waals surface area contributed by atoms with Gasteiger partial charge in [-0.3, -0.25) is 23.7 Å². The van der Waals surface area contributed by atoms with Crippen molar-refractivity contribution in [1.82, 2.24) is 124 Å². The van der Waals surface area contributed by atoms with Crippen molar-refractivity contribution in [1.29, 1.82) is 0 Å². The van der Waals surface area contributed by atoms with Crippen molar-refractivity contribution in [3.63, 3.8) is 0 Å². The first kappa shape index (κ1) is 102. The smallest absolute Gasteiger partial charge is 0.271 e. The van der Waals surface area contributed by atoms with Gasteiger partial charge < -0.3 is 75.1 Å². The Morgan fingerprint density at radius 2 is 0.750 bits per heavy atom. The summed E-state index contributed by atoms with van der Waals surface area (Å²) in [7, 11) is 13.6. The second-order valence-electron chi connectivity index (χ2n) is 34.6. The molecular weight excluding hydrogens is 1940 g/mol. The number of halogens is 3. The van der Waals surface area contributed by atoms with Gasteiger partial charge in [0.05, 0.1) is 128 Å². The van der Waals surface area contributed by atoms with E-state index in [0.717, 1.165) is 218 Å². The number of nitrogens with zero attached hydrogens (tertiary/aromatic N) is 29. The lowest BCUT2D eigenvalue weighted by molar-refractivity contribution is -0.0310. The first-order chi connectivity index (χ1) is 71.8. The minimum Gasteiger partial charge on any atom is -0.494 e. The number of anilines is 8. The van der Waals surface area contributed by atoms with Crippen LogP contribution in [0.1, 0.15) is 129 Å². The van der Waals surface area contributed by atoms with Gasteiger partial charge in [-0.2, -0.15) is 60.0 Å². The molecule has 754 valence electrons. The normalized spacial score (nSPS) is 14.5. The third-order valence-electron chi connectivity index (χ3n) is 24.2. The molecular formula is C104H105Cl3N34O7. The number of pyridine rings is 7. The van der Waals surface area contributed by atoms with E-state index in [1.807, 2.05) is 140 Å². The molecule has 0 amide bonds. The molecule has 18 aromatic rings. The summed E-state index contributed by atoms with van der Waals surface area (Å²) in [6.45, 7) is 31.2. The first-order valence-electron chi connectivity index (χ1n) is 47.4. The van der Waals surface area contributed by atoms with Crippen molar-refractivity contribution in [2.24, 2.45) is 33.2 Å². The van der Waals surface area contributed by atoms with E-state index in [1.54, 1.807) is 130 Å². The van der Waals surface area contributed by atoms with Crippen molar-refractivity contribution in [2.45, 2.75) is 123 Å². The van der Waals surface area contributed by atoms with Gasteiger partial charge in [0, 0.05) is 94.5 Å². The fourth-order valence-electron chi connectivity index (χ4n) is 17.7. The van der Waals surface area contributed by atoms with Crippen LogP contribution in [0.5, 0.6) is 23.0 Å². The number of hydrogen-bond donors (Lipinski definition) is 5. The number of aliphatic imine (C=N–C) groups is 1. The Labute approximate surface area is 866 Å². The van der Waals surface area contributed by atoms with Crippen LogP contribution in [0.3, 0.4) is 0 Å². The number of ether oxygens (including phenoxy) is 7. The van der Waals surface area contributed by atoms with Crippen molar-refractivity contribution in [2.75, 3.05) is 75.7 Å². The Hall–Kier alpha value is -17.0. The Balaban J connectivity index is 0.000000127. The molecule has 4 aliphatic rings. The van der Waals surface area contributed by atoms with E-state index in [1.165, 1.54) is 19.2 Å². The summed E-state index contributed by atoms with van der Waals surface area (Å²) in [5.74, 6) is 6.60. The van der Waals surface area contributed by atoms with Crippen LogP contribution in [0, 0.1) is 40.5 Å². The molecule has 0 saturated carbocycles. The maximum absolute atomic E-state index is 7.34. The summed E-state index contributed by atoms with van der Waals surface area (Å²) in [6.07, 6.45) is 17.7. The second-order valence-corrected chi connectivity index (χ2v) is 35.7. The number of nitrogens with one attached hydrogen (secondary N) is 3. The summed E-state index contributed by atoms with van der Waals surface area (Å²) in [5, 5.41) is 45.9. The predicted octanol–water partition coefficient (Wildman–Crippen LogP) is 21.0. The van der Waals surface area contributed by atoms with Gasteiger partial charge in [0.25, 0.3) is 17.5 Å². The van der Waals surface area contributed by atoms with Gasteiger partial charge in [0.2, 0.25) is 5.82 Å². The largest absolute Gasteiger partial charge is 0.494 e. The van der Waals surface area contributed by atoms with Gasteiger partial charge in [-0.15, -0.1) is 15.0 Å². The highest BCUT2D eigenvalue weighted by molar-refractivity contribution is 6.37. The number of nitrogens with two attached hydrogens (primary N) is 2. The SMILES string of the molecule is COc1c(N)cccc1-c1cnn(C)n1.COc1c(Nc2cc(Cl)nc3c2nc(C)n3C2CCCCO2)cccc1-c1cnn(C)n1.Cc1nc2c(Cl)cc(Cl)nc2n1C1CCCCO1.[C-]#[N+]c1cccc(Cc2cc(Nc3cccc(-c4cnn(C)n4)c3OC)c3c(n2)CC(C)=N3)n1.[C-]#[N+]c1cccc(Cc2cc(Nc3cccc(-c4cnn(C)n4)c3OC)c3nc(C)n(C4CCCCO4)c3n2)n1.[C-]#[N+]c1cccc(N)n1. The number of imidazole rings is 3. The molecule has 0 spiro atoms. The molecule has 44 heteroatoms. The molecule has 22 rings (SSSR count). The molecule has 7 N–H and O–H groups in total. The Kier molecular flexibility index (Phi) is 32.4. The standard InChI is InChI=1S/C29H29N9O2.C25H22N8O.C22H24ClN7O2.C12H13Cl2N3O.C10H12N4O.C6H5N3/c1-18-32-27-23(35-22-11-8-10-21(28(22)39-4)24-17-31-37(3)36-24)16-20(15-19-9-7-12-25(30-2)33-19)34-29(27)38(18)26-13-5-6-14-40-26;1-15-11-20-24(28-15)21(13-17(29-20)12-16-7-5-10-23(26-2)30-16)31-19-9-6-8-18(25(19)34-4)22-14-27-33(3)32-22;1-13-25-20-16(11-18(23)27-22(20)30(13)19-9-4-5-10-32-19)26-15-8-6-7-14(21(15)31-3)17-12-24-29(2)28-17;1-7-15-11-8(13)6-9(14)16-12(11)17(7)10-4-2-3-5-18-10;1-14-12-6-9(13-14)7-4-3-5-8(11)10(7)15-2;1-8-6-4-2-3-5(7)9-6/h7-12,16-17,26H,5-6,13-15H2,1,3-4H3,(H,34,35);5-10,13-14H,11-12H2,1,3-4H3,(H,29,31);6-8,11-12,19H,4-5,9-10H2,1-3H3,(H,26,27);6,10H,2-5H2,1H3;3-6H,11H2,1-2H3;2-4H,(H2,7,9). The number of benzene rings is 4. The molecule has 4 aromatic carbocycles. The fourth-order valence-corrected chi connectivity index (χ4v) is 18.4. The monoisotopic (exact) mass is 2050 g/mol. The van der Waals surface area contributed by atoms with Crippen LogP contribution >= 0.6 is 34.8 Å². The molecule has 4 aliphatic heterocycles. The van der Waals surface area contributed by atoms with Gasteiger partial charge in [0.1, 0.15) is 103 Å². The number of nitrogen functional groups attached to an aromatic ring is 2. The number of hydrogen-bond acceptors (Lipinski definition) is 31. The minimum absolute atomic E-state index is 0.00853. The highest BCUT2D eigenvalue weighted by Gasteiger charge is 2.31. The lowest BCUT2D eigenvalue weighted by atomic mass is 10.1. The highest BCUT2D eigenvalue weighted by Crippen LogP contribution is 2.46. The molecule has 3 fully saturated rings. The predicted molar refractivity (Wildman–Crippen MR) is 567 cm³/mol. The third-order valence-corrected chi connectivity index (χ3v) is 24.9. The number of para-hydroxylation sites is 4. The molecule has 14 aromatic heterocycles. The topological polar surface area (TPSA) is 445 Å². The highest BCUT2D eigenvalue weighted by atomic mass is 35.5. The van der Waals surface area contributed by atoms with E-state index < -0.39 is 0 Å². The first-order valence-corrected chi connectivity index (χ1v) is 48.5. The van der Waals surface area contributed by atoms with Gasteiger partial charge >= 0.3 is 0 Å². The molecule has 3 atom stereocenters. The molecule has 0 radical (unpaired) electrons. The van der Waals surface area contributed by atoms with E-state index in [4.69, 9.17) is 124 Å². The Morgan fingerprint density at radius 1 is 0.385 bits per heavy atom. The zero-order chi connectivity index (χ0) is 104. The quantitative estimate of drug-likeness (QED) is 0.0253. The number of aromatic nitrogens is 25. The van der Waals surface area contributed by atoms with Crippen molar-refractivity contribution >= 4 is 143 Å². The van der Waals surface area contributed by atoms with Gasteiger partial charge in [0.15, 0.2) is 39.9 Å². The van der Waals surface area contributed by atoms with Gasteiger partial charge in [-0.1, -0.05) is 97.0 Å². The molecule has 3 unspecified atom stereocenters. The molecule has 148 heavy (non-hydrogen) atoms. The average molecular weight is 2050 g/mol. The number of methoxy groups -OCH3 is 4. The summed E-state index contributed by atoms with van der Waals surface area (Å²) in [5.41, 5.74) is 32.9. The average Bonchev–Trinajstić information content (AvgIpc) is 1.62. The number of aryl methyl sites for hydroxylation is 7. The Bertz CT molecular complexity index is 8030. The van der Waals surface area contributed by atoms with Crippen LogP contribution in [0.4, 0.5) is 68.8 Å². The zero-order valence-corrected chi connectivity index (χ0v) is 85.5. The summed E-state index contributed by atoms with van der Waals surface area (Å²) in [6, 6.07) is 46.4. The zero-order valence-electron chi connectivity index (χ0n) is 83.2. The van der Waals surface area contributed by atoms with Gasteiger partial charge in [-0.05, 0) is 183 Å².